The van der Waals surface area contributed by atoms with E-state index in [-0.39, 0.29) is 22.7 Å². The zero-order valence-electron chi connectivity index (χ0n) is 15.9. The number of halogens is 2. The third-order valence-electron chi connectivity index (χ3n) is 4.13. The number of carbonyl (C=O) groups excluding carboxylic acids is 1. The summed E-state index contributed by atoms with van der Waals surface area (Å²) in [4.78, 5) is 29.9. The van der Waals surface area contributed by atoms with E-state index in [1.54, 1.807) is 6.07 Å². The van der Waals surface area contributed by atoms with Gasteiger partial charge in [0.15, 0.2) is 0 Å². The number of hydroxylamine groups is 2. The first-order valence-electron chi connectivity index (χ1n) is 8.45. The average Bonchev–Trinajstić information content (AvgIpc) is 3.01. The van der Waals surface area contributed by atoms with Crippen LogP contribution >= 0.6 is 23.2 Å². The molecule has 0 saturated heterocycles. The van der Waals surface area contributed by atoms with E-state index in [2.05, 4.69) is 10.4 Å². The number of carbonyl (C=O) groups is 1. The zero-order chi connectivity index (χ0) is 20.3. The summed E-state index contributed by atoms with van der Waals surface area (Å²) in [6.07, 6.45) is 1.96. The number of amides is 1. The quantitative estimate of drug-likeness (QED) is 0.702. The topological polar surface area (TPSA) is 81.4 Å². The molecule has 1 N–H and O–H groups in total. The van der Waals surface area contributed by atoms with Crippen LogP contribution in [0.3, 0.4) is 0 Å². The molecule has 1 unspecified atom stereocenters. The van der Waals surface area contributed by atoms with E-state index in [0.29, 0.717) is 22.8 Å². The predicted molar refractivity (Wildman–Crippen MR) is 106 cm³/mol. The third kappa shape index (κ3) is 4.45. The molecule has 1 aromatic carbocycles. The van der Waals surface area contributed by atoms with Gasteiger partial charge in [-0.3, -0.25) is 14.2 Å². The molecule has 0 aliphatic carbocycles. The number of nitrogens with one attached hydrogen (secondary N) is 1. The van der Waals surface area contributed by atoms with Gasteiger partial charge in [0, 0.05) is 13.1 Å². The highest BCUT2D eigenvalue weighted by molar-refractivity contribution is 6.37. The molecule has 1 aromatic heterocycles. The largest absolute Gasteiger partial charge is 0.372 e. The predicted octanol–water partition coefficient (Wildman–Crippen LogP) is 3.13. The van der Waals surface area contributed by atoms with E-state index in [0.717, 1.165) is 5.06 Å². The second-order valence-electron chi connectivity index (χ2n) is 6.23. The Morgan fingerprint density at radius 1 is 1.33 bits per heavy atom. The van der Waals surface area contributed by atoms with Crippen molar-refractivity contribution in [2.75, 3.05) is 19.5 Å². The van der Waals surface area contributed by atoms with Gasteiger partial charge in [-0.05, 0) is 32.4 Å². The first-order chi connectivity index (χ1) is 12.7. The first kappa shape index (κ1) is 21.3. The van der Waals surface area contributed by atoms with Crippen LogP contribution < -0.4 is 11.0 Å². The highest BCUT2D eigenvalue weighted by Crippen LogP contribution is 2.31. The maximum atomic E-state index is 12.5. The summed E-state index contributed by atoms with van der Waals surface area (Å²) in [5.74, 6) is -0.256. The molecular formula is C17H23Cl2N5O3. The summed E-state index contributed by atoms with van der Waals surface area (Å²) in [6, 6.07) is 2.51. The minimum Gasteiger partial charge on any atom is -0.372 e. The molecule has 0 fully saturated rings. The number of hydrogen-bond acceptors (Lipinski definition) is 5. The molecule has 0 saturated carbocycles. The summed E-state index contributed by atoms with van der Waals surface area (Å²) < 4.78 is 2.69. The smallest absolute Gasteiger partial charge is 0.350 e. The minimum atomic E-state index is -0.564. The standard InChI is InChI=1S/C17H23Cl2N5O3/c1-6-13(16(25)22(4)27-5)21-14-8-15(12(19)7-11(14)18)24-17(26)23(9-20-24)10(2)3/h7-10,13,21H,6H2,1-5H3. The molecule has 1 amide bonds. The van der Waals surface area contributed by atoms with Crippen LogP contribution in [-0.4, -0.2) is 45.5 Å². The molecular weight excluding hydrogens is 393 g/mol. The third-order valence-corrected chi connectivity index (χ3v) is 4.75. The van der Waals surface area contributed by atoms with Crippen LogP contribution in [0.5, 0.6) is 0 Å². The van der Waals surface area contributed by atoms with Gasteiger partial charge >= 0.3 is 5.69 Å². The molecule has 0 aliphatic heterocycles. The SMILES string of the molecule is CCC(Nc1cc(-n2ncn(C(C)C)c2=O)c(Cl)cc1Cl)C(=O)N(C)OC. The van der Waals surface area contributed by atoms with E-state index in [1.165, 1.54) is 35.8 Å². The van der Waals surface area contributed by atoms with Gasteiger partial charge in [0.25, 0.3) is 5.91 Å². The van der Waals surface area contributed by atoms with Gasteiger partial charge in [-0.15, -0.1) is 0 Å². The molecule has 0 aliphatic rings. The van der Waals surface area contributed by atoms with Crippen molar-refractivity contribution in [1.29, 1.82) is 0 Å². The molecule has 0 radical (unpaired) electrons. The van der Waals surface area contributed by atoms with E-state index in [9.17, 15) is 9.59 Å². The number of nitrogens with zero attached hydrogens (tertiary/aromatic N) is 4. The zero-order valence-corrected chi connectivity index (χ0v) is 17.4. The van der Waals surface area contributed by atoms with E-state index in [4.69, 9.17) is 28.0 Å². The van der Waals surface area contributed by atoms with Gasteiger partial charge < -0.3 is 5.32 Å². The second-order valence-corrected chi connectivity index (χ2v) is 7.05. The number of anilines is 1. The fraction of sp³-hybridized carbons (Fsp3) is 0.471. The molecule has 1 atom stereocenters. The van der Waals surface area contributed by atoms with Crippen LogP contribution in [0.15, 0.2) is 23.3 Å². The Labute approximate surface area is 167 Å². The molecule has 2 rings (SSSR count). The number of likely N-dealkylation sites (N-methyl/N-ethyl adjacent to an activating group) is 1. The highest BCUT2D eigenvalue weighted by Gasteiger charge is 2.22. The maximum absolute atomic E-state index is 12.5. The summed E-state index contributed by atoms with van der Waals surface area (Å²) in [5, 5.41) is 8.96. The fourth-order valence-corrected chi connectivity index (χ4v) is 3.00. The molecule has 1 heterocycles. The van der Waals surface area contributed by atoms with Gasteiger partial charge in [-0.1, -0.05) is 30.1 Å². The lowest BCUT2D eigenvalue weighted by Crippen LogP contribution is -2.40. The van der Waals surface area contributed by atoms with Crippen LogP contribution in [0, 0.1) is 0 Å². The lowest BCUT2D eigenvalue weighted by molar-refractivity contribution is -0.169. The second kappa shape index (κ2) is 8.77. The number of rotatable bonds is 7. The Morgan fingerprint density at radius 2 is 2.00 bits per heavy atom. The van der Waals surface area contributed by atoms with Crippen molar-refractivity contribution in [3.05, 3.63) is 39.0 Å². The van der Waals surface area contributed by atoms with Crippen molar-refractivity contribution < 1.29 is 9.63 Å². The van der Waals surface area contributed by atoms with Crippen LogP contribution in [-0.2, 0) is 9.63 Å². The Balaban J connectivity index is 2.44. The van der Waals surface area contributed by atoms with Crippen LogP contribution in [0.4, 0.5) is 5.69 Å². The Morgan fingerprint density at radius 3 is 2.52 bits per heavy atom. The normalized spacial score (nSPS) is 12.3. The fourth-order valence-electron chi connectivity index (χ4n) is 2.48. The van der Waals surface area contributed by atoms with Crippen LogP contribution in [0.25, 0.3) is 5.69 Å². The van der Waals surface area contributed by atoms with Crippen LogP contribution in [0.1, 0.15) is 33.2 Å². The van der Waals surface area contributed by atoms with Gasteiger partial charge in [-0.2, -0.15) is 9.78 Å². The lowest BCUT2D eigenvalue weighted by Gasteiger charge is -2.23. The summed E-state index contributed by atoms with van der Waals surface area (Å²) in [6.45, 7) is 5.62. The highest BCUT2D eigenvalue weighted by atomic mass is 35.5. The molecule has 8 nitrogen and oxygen atoms in total. The van der Waals surface area contributed by atoms with E-state index < -0.39 is 6.04 Å². The Kier molecular flexibility index (Phi) is 6.91. The van der Waals surface area contributed by atoms with E-state index >= 15 is 0 Å². The maximum Gasteiger partial charge on any atom is 0.350 e. The van der Waals surface area contributed by atoms with Crippen molar-refractivity contribution in [2.45, 2.75) is 39.3 Å². The number of hydrogen-bond donors (Lipinski definition) is 1. The molecule has 0 spiro atoms. The van der Waals surface area contributed by atoms with Crippen molar-refractivity contribution >= 4 is 34.8 Å². The van der Waals surface area contributed by atoms with Gasteiger partial charge in [0.2, 0.25) is 0 Å². The Hall–Kier alpha value is -2.03. The van der Waals surface area contributed by atoms with Crippen molar-refractivity contribution in [3.63, 3.8) is 0 Å². The molecule has 0 bridgehead atoms. The first-order valence-corrected chi connectivity index (χ1v) is 9.20. The summed E-state index contributed by atoms with van der Waals surface area (Å²) in [5.41, 5.74) is 0.518. The molecule has 148 valence electrons. The Bertz CT molecular complexity index is 878. The van der Waals surface area contributed by atoms with Crippen molar-refractivity contribution in [3.8, 4) is 5.69 Å². The molecule has 10 heteroatoms. The van der Waals surface area contributed by atoms with Gasteiger partial charge in [0.05, 0.1) is 28.5 Å². The lowest BCUT2D eigenvalue weighted by atomic mass is 10.2. The monoisotopic (exact) mass is 415 g/mol. The number of aromatic nitrogens is 3. The van der Waals surface area contributed by atoms with E-state index in [1.807, 2.05) is 20.8 Å². The van der Waals surface area contributed by atoms with Crippen molar-refractivity contribution in [1.82, 2.24) is 19.4 Å². The van der Waals surface area contributed by atoms with Gasteiger partial charge in [0.1, 0.15) is 12.4 Å². The van der Waals surface area contributed by atoms with Crippen molar-refractivity contribution in [2.24, 2.45) is 0 Å². The van der Waals surface area contributed by atoms with Crippen LogP contribution in [0.2, 0.25) is 10.0 Å². The molecule has 2 aromatic rings. The molecule has 27 heavy (non-hydrogen) atoms. The average molecular weight is 416 g/mol. The summed E-state index contributed by atoms with van der Waals surface area (Å²) >= 11 is 12.6. The minimum absolute atomic E-state index is 0.0402. The summed E-state index contributed by atoms with van der Waals surface area (Å²) in [7, 11) is 2.94. The number of benzene rings is 1. The van der Waals surface area contributed by atoms with Gasteiger partial charge in [-0.25, -0.2) is 9.86 Å².